The molecule has 0 aliphatic heterocycles. The zero-order valence-corrected chi connectivity index (χ0v) is 12.5. The van der Waals surface area contributed by atoms with Crippen molar-refractivity contribution in [2.75, 3.05) is 19.0 Å². The lowest BCUT2D eigenvalue weighted by Gasteiger charge is -2.03. The molecule has 5 heteroatoms. The molecule has 1 aliphatic carbocycles. The minimum atomic E-state index is 0.800. The van der Waals surface area contributed by atoms with Crippen LogP contribution in [0.3, 0.4) is 0 Å². The van der Waals surface area contributed by atoms with Crippen LogP contribution < -0.4 is 10.1 Å². The molecule has 0 saturated heterocycles. The molecular formula is C17H18N4O. The number of H-pyrrole nitrogens is 1. The first-order valence-electron chi connectivity index (χ1n) is 7.56. The summed E-state index contributed by atoms with van der Waals surface area (Å²) in [6.07, 6.45) is 4.45. The molecule has 0 bridgehead atoms. The molecule has 0 radical (unpaired) electrons. The number of ether oxygens (including phenoxy) is 1. The first-order chi connectivity index (χ1) is 10.8. The van der Waals surface area contributed by atoms with Crippen LogP contribution in [0.25, 0.3) is 22.4 Å². The smallest absolute Gasteiger partial charge is 0.154 e. The summed E-state index contributed by atoms with van der Waals surface area (Å²) in [7, 11) is 1.67. The molecule has 5 nitrogen and oxygen atoms in total. The summed E-state index contributed by atoms with van der Waals surface area (Å²) in [4.78, 5) is 12.5. The Bertz CT molecular complexity index is 807. The number of rotatable bonds is 5. The average Bonchev–Trinajstić information content (AvgIpc) is 3.29. The van der Waals surface area contributed by atoms with Crippen molar-refractivity contribution in [2.45, 2.75) is 12.8 Å². The van der Waals surface area contributed by atoms with Gasteiger partial charge >= 0.3 is 0 Å². The summed E-state index contributed by atoms with van der Waals surface area (Å²) in [5.41, 5.74) is 2.88. The van der Waals surface area contributed by atoms with E-state index < -0.39 is 0 Å². The van der Waals surface area contributed by atoms with Crippen LogP contribution in [0.15, 0.2) is 36.5 Å². The molecule has 0 atom stereocenters. The van der Waals surface area contributed by atoms with Crippen molar-refractivity contribution in [3.63, 3.8) is 0 Å². The predicted octanol–water partition coefficient (Wildman–Crippen LogP) is 3.46. The number of imidazole rings is 1. The number of pyridine rings is 1. The van der Waals surface area contributed by atoms with Gasteiger partial charge in [-0.2, -0.15) is 0 Å². The third kappa shape index (κ3) is 2.50. The number of methoxy groups -OCH3 is 1. The monoisotopic (exact) mass is 294 g/mol. The Morgan fingerprint density at radius 2 is 2.23 bits per heavy atom. The molecule has 2 N–H and O–H groups in total. The van der Waals surface area contributed by atoms with E-state index in [1.807, 2.05) is 36.5 Å². The lowest BCUT2D eigenvalue weighted by atomic mass is 10.2. The summed E-state index contributed by atoms with van der Waals surface area (Å²) >= 11 is 0. The largest absolute Gasteiger partial charge is 0.497 e. The van der Waals surface area contributed by atoms with Gasteiger partial charge in [-0.3, -0.25) is 0 Å². The molecule has 4 rings (SSSR count). The highest BCUT2D eigenvalue weighted by Gasteiger charge is 2.21. The van der Waals surface area contributed by atoms with Gasteiger partial charge in [-0.25, -0.2) is 9.97 Å². The third-order valence-corrected chi connectivity index (χ3v) is 4.00. The van der Waals surface area contributed by atoms with E-state index in [9.17, 15) is 0 Å². The molecule has 1 aromatic carbocycles. The van der Waals surface area contributed by atoms with Crippen LogP contribution in [0, 0.1) is 5.92 Å². The molecule has 2 aromatic heterocycles. The maximum absolute atomic E-state index is 5.28. The van der Waals surface area contributed by atoms with Gasteiger partial charge in [0.1, 0.15) is 17.1 Å². The van der Waals surface area contributed by atoms with Crippen molar-refractivity contribution in [1.82, 2.24) is 15.0 Å². The SMILES string of the molecule is COc1cccc(-c2nc3c(NCC4CC4)nccc3[nH]2)c1. The summed E-state index contributed by atoms with van der Waals surface area (Å²) in [6, 6.07) is 9.84. The molecule has 112 valence electrons. The topological polar surface area (TPSA) is 62.8 Å². The van der Waals surface area contributed by atoms with Gasteiger partial charge in [0.05, 0.1) is 12.6 Å². The standard InChI is InChI=1S/C17H18N4O/c1-22-13-4-2-3-12(9-13)16-20-14-7-8-18-17(15(14)21-16)19-10-11-5-6-11/h2-4,7-9,11H,5-6,10H2,1H3,(H,18,19)(H,20,21). The number of hydrogen-bond acceptors (Lipinski definition) is 4. The number of hydrogen-bond donors (Lipinski definition) is 2. The van der Waals surface area contributed by atoms with E-state index in [1.165, 1.54) is 12.8 Å². The fourth-order valence-corrected chi connectivity index (χ4v) is 2.53. The highest BCUT2D eigenvalue weighted by molar-refractivity contribution is 5.88. The second-order valence-corrected chi connectivity index (χ2v) is 5.70. The van der Waals surface area contributed by atoms with Gasteiger partial charge < -0.3 is 15.0 Å². The van der Waals surface area contributed by atoms with Gasteiger partial charge in [-0.15, -0.1) is 0 Å². The van der Waals surface area contributed by atoms with Crippen molar-refractivity contribution in [2.24, 2.45) is 5.92 Å². The van der Waals surface area contributed by atoms with Crippen LogP contribution in [-0.2, 0) is 0 Å². The Morgan fingerprint density at radius 1 is 1.32 bits per heavy atom. The zero-order chi connectivity index (χ0) is 14.9. The summed E-state index contributed by atoms with van der Waals surface area (Å²) in [5.74, 6) is 3.31. The van der Waals surface area contributed by atoms with Gasteiger partial charge in [0.15, 0.2) is 5.82 Å². The van der Waals surface area contributed by atoms with Crippen LogP contribution in [0.4, 0.5) is 5.82 Å². The van der Waals surface area contributed by atoms with Crippen molar-refractivity contribution < 1.29 is 4.74 Å². The van der Waals surface area contributed by atoms with Crippen LogP contribution >= 0.6 is 0 Å². The van der Waals surface area contributed by atoms with Gasteiger partial charge in [0, 0.05) is 18.3 Å². The van der Waals surface area contributed by atoms with E-state index in [0.717, 1.165) is 46.5 Å². The van der Waals surface area contributed by atoms with Crippen molar-refractivity contribution >= 4 is 16.9 Å². The summed E-state index contributed by atoms with van der Waals surface area (Å²) < 4.78 is 5.28. The maximum atomic E-state index is 5.28. The second-order valence-electron chi connectivity index (χ2n) is 5.70. The molecule has 1 aliphatic rings. The van der Waals surface area contributed by atoms with Gasteiger partial charge in [-0.1, -0.05) is 12.1 Å². The van der Waals surface area contributed by atoms with Gasteiger partial charge in [0.2, 0.25) is 0 Å². The Hall–Kier alpha value is -2.56. The van der Waals surface area contributed by atoms with E-state index in [1.54, 1.807) is 7.11 Å². The van der Waals surface area contributed by atoms with Crippen LogP contribution in [-0.4, -0.2) is 28.6 Å². The van der Waals surface area contributed by atoms with Crippen LogP contribution in [0.1, 0.15) is 12.8 Å². The minimum Gasteiger partial charge on any atom is -0.497 e. The highest BCUT2D eigenvalue weighted by atomic mass is 16.5. The number of aromatic nitrogens is 3. The molecule has 0 unspecified atom stereocenters. The fourth-order valence-electron chi connectivity index (χ4n) is 2.53. The van der Waals surface area contributed by atoms with Crippen molar-refractivity contribution in [3.05, 3.63) is 36.5 Å². The molecule has 1 saturated carbocycles. The number of nitrogens with zero attached hydrogens (tertiary/aromatic N) is 2. The van der Waals surface area contributed by atoms with E-state index in [-0.39, 0.29) is 0 Å². The summed E-state index contributed by atoms with van der Waals surface area (Å²) in [6.45, 7) is 0.980. The predicted molar refractivity (Wildman–Crippen MR) is 87.1 cm³/mol. The van der Waals surface area contributed by atoms with Crippen LogP contribution in [0.2, 0.25) is 0 Å². The first-order valence-corrected chi connectivity index (χ1v) is 7.56. The average molecular weight is 294 g/mol. The van der Waals surface area contributed by atoms with E-state index in [0.29, 0.717) is 0 Å². The molecule has 3 aromatic rings. The number of anilines is 1. The molecule has 1 fully saturated rings. The lowest BCUT2D eigenvalue weighted by Crippen LogP contribution is -2.05. The Balaban J connectivity index is 1.71. The minimum absolute atomic E-state index is 0.800. The van der Waals surface area contributed by atoms with E-state index in [2.05, 4.69) is 15.3 Å². The normalized spacial score (nSPS) is 14.2. The quantitative estimate of drug-likeness (QED) is 0.756. The second kappa shape index (κ2) is 5.33. The highest BCUT2D eigenvalue weighted by Crippen LogP contribution is 2.30. The zero-order valence-electron chi connectivity index (χ0n) is 12.5. The third-order valence-electron chi connectivity index (χ3n) is 4.00. The molecule has 0 amide bonds. The number of fused-ring (bicyclic) bond motifs is 1. The number of aromatic amines is 1. The summed E-state index contributed by atoms with van der Waals surface area (Å²) in [5, 5.41) is 3.42. The molecule has 2 heterocycles. The van der Waals surface area contributed by atoms with E-state index >= 15 is 0 Å². The Morgan fingerprint density at radius 3 is 3.05 bits per heavy atom. The first kappa shape index (κ1) is 13.1. The molecular weight excluding hydrogens is 276 g/mol. The molecule has 0 spiro atoms. The molecule has 22 heavy (non-hydrogen) atoms. The van der Waals surface area contributed by atoms with Gasteiger partial charge in [-0.05, 0) is 37.0 Å². The van der Waals surface area contributed by atoms with E-state index in [4.69, 9.17) is 9.72 Å². The maximum Gasteiger partial charge on any atom is 0.154 e. The fraction of sp³-hybridized carbons (Fsp3) is 0.294. The Kier molecular flexibility index (Phi) is 3.18. The Labute approximate surface area is 128 Å². The van der Waals surface area contributed by atoms with Crippen molar-refractivity contribution in [1.29, 1.82) is 0 Å². The van der Waals surface area contributed by atoms with Crippen molar-refractivity contribution in [3.8, 4) is 17.1 Å². The lowest BCUT2D eigenvalue weighted by molar-refractivity contribution is 0.415. The van der Waals surface area contributed by atoms with Crippen LogP contribution in [0.5, 0.6) is 5.75 Å². The number of nitrogens with one attached hydrogen (secondary N) is 2. The van der Waals surface area contributed by atoms with Gasteiger partial charge in [0.25, 0.3) is 0 Å². The number of benzene rings is 1.